The predicted octanol–water partition coefficient (Wildman–Crippen LogP) is -1.15. The Morgan fingerprint density at radius 3 is 2.68 bits per heavy atom. The van der Waals surface area contributed by atoms with Crippen LogP contribution in [-0.2, 0) is 4.74 Å². The van der Waals surface area contributed by atoms with Gasteiger partial charge in [0.1, 0.15) is 23.6 Å². The van der Waals surface area contributed by atoms with Gasteiger partial charge >= 0.3 is 5.69 Å². The summed E-state index contributed by atoms with van der Waals surface area (Å²) in [5.74, 6) is 0.607. The monoisotopic (exact) mass is 311 g/mol. The number of anilines is 1. The van der Waals surface area contributed by atoms with E-state index in [2.05, 4.69) is 4.98 Å². The molecular formula is C14H21N3O5. The lowest BCUT2D eigenvalue weighted by Crippen LogP contribution is -2.46. The van der Waals surface area contributed by atoms with E-state index in [0.717, 1.165) is 30.5 Å². The van der Waals surface area contributed by atoms with Crippen LogP contribution < -0.4 is 10.6 Å². The molecule has 8 heteroatoms. The highest BCUT2D eigenvalue weighted by Crippen LogP contribution is 2.37. The number of nitrogens with zero attached hydrogens (tertiary/aromatic N) is 3. The van der Waals surface area contributed by atoms with Gasteiger partial charge in [0.25, 0.3) is 0 Å². The van der Waals surface area contributed by atoms with Crippen molar-refractivity contribution in [2.75, 3.05) is 24.6 Å². The van der Waals surface area contributed by atoms with Gasteiger partial charge in [-0.25, -0.2) is 4.79 Å². The zero-order chi connectivity index (χ0) is 15.9. The van der Waals surface area contributed by atoms with Gasteiger partial charge in [-0.15, -0.1) is 0 Å². The summed E-state index contributed by atoms with van der Waals surface area (Å²) < 4.78 is 6.58. The molecule has 1 aromatic heterocycles. The number of hydrogen-bond donors (Lipinski definition) is 3. The predicted molar refractivity (Wildman–Crippen MR) is 77.6 cm³/mol. The van der Waals surface area contributed by atoms with Gasteiger partial charge in [-0.05, 0) is 25.8 Å². The Morgan fingerprint density at radius 1 is 1.45 bits per heavy atom. The molecule has 0 bridgehead atoms. The van der Waals surface area contributed by atoms with E-state index in [1.54, 1.807) is 6.07 Å². The third-order valence-electron chi connectivity index (χ3n) is 4.43. The maximum absolute atomic E-state index is 12.3. The largest absolute Gasteiger partial charge is 0.394 e. The summed E-state index contributed by atoms with van der Waals surface area (Å²) >= 11 is 0. The lowest BCUT2D eigenvalue weighted by molar-refractivity contribution is -0.0987. The molecule has 0 aromatic carbocycles. The molecule has 0 radical (unpaired) electrons. The van der Waals surface area contributed by atoms with Crippen molar-refractivity contribution in [1.29, 1.82) is 0 Å². The highest BCUT2D eigenvalue weighted by molar-refractivity contribution is 5.37. The third-order valence-corrected chi connectivity index (χ3v) is 4.43. The van der Waals surface area contributed by atoms with Gasteiger partial charge in [0, 0.05) is 19.3 Å². The average molecular weight is 311 g/mol. The fourth-order valence-electron chi connectivity index (χ4n) is 3.09. The highest BCUT2D eigenvalue weighted by Gasteiger charge is 2.53. The van der Waals surface area contributed by atoms with Crippen LogP contribution in [0.15, 0.2) is 17.1 Å². The molecule has 22 heavy (non-hydrogen) atoms. The number of aromatic nitrogens is 2. The van der Waals surface area contributed by atoms with Gasteiger partial charge in [0.2, 0.25) is 0 Å². The number of rotatable bonds is 3. The Balaban J connectivity index is 1.90. The molecule has 3 heterocycles. The van der Waals surface area contributed by atoms with Crippen LogP contribution >= 0.6 is 0 Å². The SMILES string of the molecule is C[C@@]1(O)[C@H](O)[C@@H](CO)O[C@H]1n1ccc(N2CCCC2)nc1=O. The lowest BCUT2D eigenvalue weighted by Gasteiger charge is -2.27. The average Bonchev–Trinajstić information content (AvgIpc) is 3.09. The second kappa shape index (κ2) is 5.62. The van der Waals surface area contributed by atoms with Crippen molar-refractivity contribution in [1.82, 2.24) is 9.55 Å². The van der Waals surface area contributed by atoms with Crippen LogP contribution in [0, 0.1) is 0 Å². The van der Waals surface area contributed by atoms with Crippen LogP contribution in [-0.4, -0.2) is 62.4 Å². The number of ether oxygens (including phenoxy) is 1. The van der Waals surface area contributed by atoms with Crippen LogP contribution in [0.1, 0.15) is 26.0 Å². The van der Waals surface area contributed by atoms with Crippen LogP contribution in [0.5, 0.6) is 0 Å². The molecule has 8 nitrogen and oxygen atoms in total. The quantitative estimate of drug-likeness (QED) is 0.646. The molecule has 2 aliphatic rings. The van der Waals surface area contributed by atoms with E-state index in [1.165, 1.54) is 13.1 Å². The second-order valence-corrected chi connectivity index (χ2v) is 6.05. The van der Waals surface area contributed by atoms with Crippen molar-refractivity contribution in [2.24, 2.45) is 0 Å². The Labute approximate surface area is 127 Å². The van der Waals surface area contributed by atoms with Crippen molar-refractivity contribution in [3.63, 3.8) is 0 Å². The smallest absolute Gasteiger partial charge is 0.351 e. The molecule has 2 saturated heterocycles. The molecule has 0 spiro atoms. The summed E-state index contributed by atoms with van der Waals surface area (Å²) in [5, 5.41) is 29.6. The van der Waals surface area contributed by atoms with E-state index in [4.69, 9.17) is 4.74 Å². The van der Waals surface area contributed by atoms with E-state index in [1.807, 2.05) is 4.90 Å². The Hall–Kier alpha value is -1.48. The fourth-order valence-corrected chi connectivity index (χ4v) is 3.09. The molecule has 1 aromatic rings. The zero-order valence-corrected chi connectivity index (χ0v) is 12.4. The summed E-state index contributed by atoms with van der Waals surface area (Å²) in [4.78, 5) is 18.3. The number of aliphatic hydroxyl groups excluding tert-OH is 2. The van der Waals surface area contributed by atoms with Gasteiger partial charge < -0.3 is 25.0 Å². The van der Waals surface area contributed by atoms with E-state index in [9.17, 15) is 20.1 Å². The van der Waals surface area contributed by atoms with E-state index >= 15 is 0 Å². The van der Waals surface area contributed by atoms with Crippen LogP contribution in [0.2, 0.25) is 0 Å². The first-order valence-electron chi connectivity index (χ1n) is 7.46. The molecule has 0 saturated carbocycles. The summed E-state index contributed by atoms with van der Waals surface area (Å²) in [6.07, 6.45) is 0.352. The van der Waals surface area contributed by atoms with Crippen LogP contribution in [0.3, 0.4) is 0 Å². The molecule has 2 aliphatic heterocycles. The van der Waals surface area contributed by atoms with Crippen molar-refractivity contribution in [3.8, 4) is 0 Å². The lowest BCUT2D eigenvalue weighted by atomic mass is 9.96. The van der Waals surface area contributed by atoms with Gasteiger partial charge in [0.15, 0.2) is 6.23 Å². The Bertz CT molecular complexity index is 596. The topological polar surface area (TPSA) is 108 Å². The minimum atomic E-state index is -1.69. The van der Waals surface area contributed by atoms with Gasteiger partial charge in [-0.3, -0.25) is 4.57 Å². The first-order chi connectivity index (χ1) is 10.4. The minimum Gasteiger partial charge on any atom is -0.394 e. The molecule has 4 atom stereocenters. The maximum atomic E-state index is 12.3. The standard InChI is InChI=1S/C14H21N3O5/c1-14(21)11(19)9(8-18)22-12(14)17-7-4-10(15-13(17)20)16-5-2-3-6-16/h4,7,9,11-12,18-19,21H,2-3,5-6,8H2,1H3/t9-,11-,12-,14-/m1/s1. The number of hydrogen-bond acceptors (Lipinski definition) is 7. The first-order valence-corrected chi connectivity index (χ1v) is 7.46. The first kappa shape index (κ1) is 15.4. The molecule has 122 valence electrons. The highest BCUT2D eigenvalue weighted by atomic mass is 16.6. The minimum absolute atomic E-state index is 0.443. The van der Waals surface area contributed by atoms with Crippen LogP contribution in [0.25, 0.3) is 0 Å². The molecule has 0 aliphatic carbocycles. The maximum Gasteiger partial charge on any atom is 0.351 e. The third kappa shape index (κ3) is 2.41. The molecule has 3 N–H and O–H groups in total. The fraction of sp³-hybridized carbons (Fsp3) is 0.714. The summed E-state index contributed by atoms with van der Waals surface area (Å²) in [7, 11) is 0. The van der Waals surface area contributed by atoms with Crippen molar-refractivity contribution < 1.29 is 20.1 Å². The summed E-state index contributed by atoms with van der Waals surface area (Å²) in [6, 6.07) is 1.70. The molecule has 3 rings (SSSR count). The molecule has 0 unspecified atom stereocenters. The molecule has 0 amide bonds. The summed E-state index contributed by atoms with van der Waals surface area (Å²) in [6.45, 7) is 2.68. The van der Waals surface area contributed by atoms with E-state index in [-0.39, 0.29) is 0 Å². The van der Waals surface area contributed by atoms with Crippen LogP contribution in [0.4, 0.5) is 5.82 Å². The Kier molecular flexibility index (Phi) is 3.94. The normalized spacial score (nSPS) is 35.3. The summed E-state index contributed by atoms with van der Waals surface area (Å²) in [5.41, 5.74) is -2.24. The molecule has 2 fully saturated rings. The van der Waals surface area contributed by atoms with Crippen molar-refractivity contribution in [2.45, 2.75) is 43.8 Å². The second-order valence-electron chi connectivity index (χ2n) is 6.05. The van der Waals surface area contributed by atoms with Gasteiger partial charge in [-0.1, -0.05) is 0 Å². The number of aliphatic hydroxyl groups is 3. The molecular weight excluding hydrogens is 290 g/mol. The van der Waals surface area contributed by atoms with E-state index < -0.39 is 36.3 Å². The van der Waals surface area contributed by atoms with Gasteiger partial charge in [-0.2, -0.15) is 4.98 Å². The van der Waals surface area contributed by atoms with E-state index in [0.29, 0.717) is 5.82 Å². The zero-order valence-electron chi connectivity index (χ0n) is 12.4. The van der Waals surface area contributed by atoms with Crippen molar-refractivity contribution >= 4 is 5.82 Å². The van der Waals surface area contributed by atoms with Gasteiger partial charge in [0.05, 0.1) is 6.61 Å². The Morgan fingerprint density at radius 2 is 2.14 bits per heavy atom. The van der Waals surface area contributed by atoms with Crippen molar-refractivity contribution in [3.05, 3.63) is 22.7 Å².